The molecule has 0 saturated heterocycles. The number of para-hydroxylation sites is 1. The number of carbonyl (C=O) groups excluding carboxylic acids is 3. The summed E-state index contributed by atoms with van der Waals surface area (Å²) in [6.45, 7) is -1.86. The Bertz CT molecular complexity index is 1130. The third-order valence-corrected chi connectivity index (χ3v) is 5.42. The van der Waals surface area contributed by atoms with Crippen LogP contribution in [-0.4, -0.2) is 49.1 Å². The van der Waals surface area contributed by atoms with Gasteiger partial charge in [0.25, 0.3) is 23.4 Å². The molecule has 0 bridgehead atoms. The van der Waals surface area contributed by atoms with Gasteiger partial charge in [-0.05, 0) is 24.1 Å². The van der Waals surface area contributed by atoms with Gasteiger partial charge in [0.2, 0.25) is 0 Å². The van der Waals surface area contributed by atoms with Crippen LogP contribution in [-0.2, 0) is 14.4 Å². The number of likely N-dealkylation sites (N-methyl/N-ethyl adjacent to an activating group) is 1. The highest BCUT2D eigenvalue weighted by molar-refractivity contribution is 6.11. The fraction of sp³-hybridized carbons (Fsp3) is 0.318. The summed E-state index contributed by atoms with van der Waals surface area (Å²) in [6.07, 6.45) is -5.98. The van der Waals surface area contributed by atoms with E-state index in [4.69, 9.17) is 0 Å². The van der Waals surface area contributed by atoms with Crippen molar-refractivity contribution in [1.82, 2.24) is 10.6 Å². The quantitative estimate of drug-likeness (QED) is 0.501. The molecule has 182 valence electrons. The van der Waals surface area contributed by atoms with Crippen LogP contribution in [0.1, 0.15) is 18.5 Å². The molecule has 2 aromatic carbocycles. The first kappa shape index (κ1) is 25.1. The van der Waals surface area contributed by atoms with Crippen LogP contribution in [0.5, 0.6) is 0 Å². The maximum atomic E-state index is 15.0. The molecule has 0 aromatic heterocycles. The van der Waals surface area contributed by atoms with Crippen molar-refractivity contribution in [1.29, 1.82) is 0 Å². The number of anilines is 1. The minimum absolute atomic E-state index is 0.275. The number of hydrogen-bond acceptors (Lipinski definition) is 3. The van der Waals surface area contributed by atoms with E-state index < -0.39 is 48.1 Å². The summed E-state index contributed by atoms with van der Waals surface area (Å²) in [5.41, 5.74) is -1.62. The van der Waals surface area contributed by atoms with Gasteiger partial charge in [0.15, 0.2) is 0 Å². The smallest absolute Gasteiger partial charge is 0.346 e. The van der Waals surface area contributed by atoms with Gasteiger partial charge < -0.3 is 15.5 Å². The second-order valence-corrected chi connectivity index (χ2v) is 7.80. The van der Waals surface area contributed by atoms with Gasteiger partial charge in [-0.25, -0.2) is 4.39 Å². The number of amides is 3. The standard InChI is InChI=1S/C22H19F6N3O3/c1-20(23,18(33)29-11-21(24,25)22(26,27)28)19(34)30-16-14-9-4-3-7-12(14)13-8-5-6-10-15(13)31(2)17(16)32/h3-10,16H,11H2,1-2H3,(H,29,33)(H,30,34)/t16-,20-/m0/s1. The second-order valence-electron chi connectivity index (χ2n) is 7.80. The van der Waals surface area contributed by atoms with Crippen LogP contribution < -0.4 is 15.5 Å². The van der Waals surface area contributed by atoms with Crippen LogP contribution >= 0.6 is 0 Å². The zero-order valence-electron chi connectivity index (χ0n) is 17.8. The zero-order valence-corrected chi connectivity index (χ0v) is 17.8. The van der Waals surface area contributed by atoms with E-state index in [1.165, 1.54) is 18.0 Å². The van der Waals surface area contributed by atoms with Crippen molar-refractivity contribution in [3.05, 3.63) is 54.1 Å². The van der Waals surface area contributed by atoms with E-state index in [1.54, 1.807) is 42.5 Å². The van der Waals surface area contributed by atoms with Crippen LogP contribution in [0.4, 0.5) is 32.0 Å². The van der Waals surface area contributed by atoms with Crippen molar-refractivity contribution in [2.45, 2.75) is 30.7 Å². The molecule has 0 spiro atoms. The highest BCUT2D eigenvalue weighted by Gasteiger charge is 2.58. The SMILES string of the molecule is CN1C(=O)[C@@H](NC(=O)[C@@](C)(F)C(=O)NCC(F)(F)C(F)(F)F)c2ccccc2-c2ccccc21. The molecule has 0 saturated carbocycles. The summed E-state index contributed by atoms with van der Waals surface area (Å²) in [5, 5.41) is 3.22. The molecule has 2 N–H and O–H groups in total. The lowest BCUT2D eigenvalue weighted by molar-refractivity contribution is -0.278. The fourth-order valence-electron chi connectivity index (χ4n) is 3.40. The molecule has 0 aliphatic carbocycles. The Kier molecular flexibility index (Phi) is 6.38. The molecule has 1 heterocycles. The number of fused-ring (bicyclic) bond motifs is 3. The first-order valence-electron chi connectivity index (χ1n) is 9.87. The van der Waals surface area contributed by atoms with Gasteiger partial charge in [0.05, 0.1) is 12.2 Å². The molecule has 0 unspecified atom stereocenters. The lowest BCUT2D eigenvalue weighted by Crippen LogP contribution is -2.57. The largest absolute Gasteiger partial charge is 0.455 e. The van der Waals surface area contributed by atoms with Crippen LogP contribution in [0.2, 0.25) is 0 Å². The Morgan fingerprint density at radius 3 is 2.09 bits per heavy atom. The third kappa shape index (κ3) is 4.44. The van der Waals surface area contributed by atoms with E-state index in [1.807, 2.05) is 0 Å². The number of alkyl halides is 6. The number of carbonyl (C=O) groups is 3. The highest BCUT2D eigenvalue weighted by atomic mass is 19.4. The number of halogens is 6. The molecule has 12 heteroatoms. The molecule has 1 aliphatic rings. The third-order valence-electron chi connectivity index (χ3n) is 5.42. The van der Waals surface area contributed by atoms with Crippen LogP contribution in [0.15, 0.2) is 48.5 Å². The van der Waals surface area contributed by atoms with E-state index in [0.717, 1.165) is 5.32 Å². The fourth-order valence-corrected chi connectivity index (χ4v) is 3.40. The Balaban J connectivity index is 1.87. The first-order valence-corrected chi connectivity index (χ1v) is 9.87. The molecule has 2 aromatic rings. The first-order chi connectivity index (χ1) is 15.7. The zero-order chi connectivity index (χ0) is 25.5. The van der Waals surface area contributed by atoms with Crippen LogP contribution in [0.3, 0.4) is 0 Å². The normalized spacial score (nSPS) is 17.7. The van der Waals surface area contributed by atoms with E-state index >= 15 is 0 Å². The topological polar surface area (TPSA) is 78.5 Å². The summed E-state index contributed by atoms with van der Waals surface area (Å²) in [7, 11) is 1.42. The monoisotopic (exact) mass is 487 g/mol. The predicted molar refractivity (Wildman–Crippen MR) is 110 cm³/mol. The summed E-state index contributed by atoms with van der Waals surface area (Å²) < 4.78 is 78.1. The summed E-state index contributed by atoms with van der Waals surface area (Å²) in [5.74, 6) is -9.72. The Morgan fingerprint density at radius 2 is 1.47 bits per heavy atom. The van der Waals surface area contributed by atoms with Gasteiger partial charge in [-0.1, -0.05) is 42.5 Å². The molecule has 1 aliphatic heterocycles. The molecule has 34 heavy (non-hydrogen) atoms. The summed E-state index contributed by atoms with van der Waals surface area (Å²) >= 11 is 0. The van der Waals surface area contributed by atoms with Gasteiger partial charge in [0, 0.05) is 12.6 Å². The number of rotatable bonds is 5. The summed E-state index contributed by atoms with van der Waals surface area (Å²) in [4.78, 5) is 39.0. The van der Waals surface area contributed by atoms with E-state index in [0.29, 0.717) is 23.7 Å². The maximum Gasteiger partial charge on any atom is 0.455 e. The molecule has 3 rings (SSSR count). The van der Waals surface area contributed by atoms with E-state index in [9.17, 15) is 40.7 Å². The van der Waals surface area contributed by atoms with Gasteiger partial charge in [0.1, 0.15) is 6.04 Å². The predicted octanol–water partition coefficient (Wildman–Crippen LogP) is 3.53. The lowest BCUT2D eigenvalue weighted by atomic mass is 9.94. The van der Waals surface area contributed by atoms with Gasteiger partial charge in [-0.15, -0.1) is 0 Å². The highest BCUT2D eigenvalue weighted by Crippen LogP contribution is 2.39. The minimum atomic E-state index is -5.98. The van der Waals surface area contributed by atoms with E-state index in [-0.39, 0.29) is 5.56 Å². The average Bonchev–Trinajstić information content (AvgIpc) is 2.86. The number of nitrogens with one attached hydrogen (secondary N) is 2. The van der Waals surface area contributed by atoms with Crippen LogP contribution in [0, 0.1) is 0 Å². The van der Waals surface area contributed by atoms with Crippen molar-refractivity contribution in [2.75, 3.05) is 18.5 Å². The van der Waals surface area contributed by atoms with Crippen LogP contribution in [0.25, 0.3) is 11.1 Å². The van der Waals surface area contributed by atoms with Gasteiger partial charge in [-0.2, -0.15) is 22.0 Å². The minimum Gasteiger partial charge on any atom is -0.346 e. The van der Waals surface area contributed by atoms with Gasteiger partial charge >= 0.3 is 12.1 Å². The van der Waals surface area contributed by atoms with Gasteiger partial charge in [-0.3, -0.25) is 14.4 Å². The van der Waals surface area contributed by atoms with Crippen molar-refractivity contribution >= 4 is 23.4 Å². The van der Waals surface area contributed by atoms with Crippen molar-refractivity contribution in [3.8, 4) is 11.1 Å². The summed E-state index contributed by atoms with van der Waals surface area (Å²) in [6, 6.07) is 11.7. The van der Waals surface area contributed by atoms with Crippen molar-refractivity contribution < 1.29 is 40.7 Å². The number of benzene rings is 2. The molecular formula is C22H19F6N3O3. The molecule has 0 radical (unpaired) electrons. The Hall–Kier alpha value is -3.57. The average molecular weight is 487 g/mol. The number of hydrogen-bond donors (Lipinski definition) is 2. The molecule has 6 nitrogen and oxygen atoms in total. The molecular weight excluding hydrogens is 468 g/mol. The van der Waals surface area contributed by atoms with E-state index in [2.05, 4.69) is 5.32 Å². The maximum absolute atomic E-state index is 15.0. The molecule has 2 atom stereocenters. The number of nitrogens with zero attached hydrogens (tertiary/aromatic N) is 1. The Labute approximate surface area is 189 Å². The molecule has 3 amide bonds. The Morgan fingerprint density at radius 1 is 0.912 bits per heavy atom. The van der Waals surface area contributed by atoms with Crippen molar-refractivity contribution in [3.63, 3.8) is 0 Å². The molecule has 0 fully saturated rings. The second kappa shape index (κ2) is 8.65. The lowest BCUT2D eigenvalue weighted by Gasteiger charge is -2.26. The van der Waals surface area contributed by atoms with Crippen molar-refractivity contribution in [2.24, 2.45) is 0 Å².